The van der Waals surface area contributed by atoms with E-state index in [4.69, 9.17) is 0 Å². The van der Waals surface area contributed by atoms with Crippen molar-refractivity contribution >= 4 is 23.6 Å². The third-order valence-electron chi connectivity index (χ3n) is 5.81. The molecule has 1 N–H and O–H groups in total. The van der Waals surface area contributed by atoms with E-state index >= 15 is 0 Å². The van der Waals surface area contributed by atoms with Gasteiger partial charge < -0.3 is 10.2 Å². The van der Waals surface area contributed by atoms with Gasteiger partial charge in [0.25, 0.3) is 5.91 Å². The van der Waals surface area contributed by atoms with Crippen LogP contribution in [-0.2, 0) is 4.79 Å². The highest BCUT2D eigenvalue weighted by molar-refractivity contribution is 8.00. The molecule has 1 heterocycles. The Morgan fingerprint density at radius 1 is 0.875 bits per heavy atom. The van der Waals surface area contributed by atoms with E-state index in [9.17, 15) is 9.59 Å². The van der Waals surface area contributed by atoms with Gasteiger partial charge in [0.1, 0.15) is 0 Å². The van der Waals surface area contributed by atoms with Gasteiger partial charge >= 0.3 is 0 Å². The van der Waals surface area contributed by atoms with Gasteiger partial charge in [-0.05, 0) is 48.6 Å². The van der Waals surface area contributed by atoms with E-state index in [1.807, 2.05) is 54.3 Å². The van der Waals surface area contributed by atoms with Crippen LogP contribution >= 0.6 is 11.8 Å². The summed E-state index contributed by atoms with van der Waals surface area (Å²) in [6.07, 6.45) is 2.17. The van der Waals surface area contributed by atoms with Crippen molar-refractivity contribution in [3.63, 3.8) is 0 Å². The first-order valence-corrected chi connectivity index (χ1v) is 12.1. The Kier molecular flexibility index (Phi) is 7.28. The van der Waals surface area contributed by atoms with Gasteiger partial charge in [0, 0.05) is 18.0 Å². The fourth-order valence-electron chi connectivity index (χ4n) is 3.93. The van der Waals surface area contributed by atoms with Crippen molar-refractivity contribution in [2.45, 2.75) is 30.7 Å². The maximum absolute atomic E-state index is 13.0. The Hall–Kier alpha value is -3.05. The number of nitrogens with zero attached hydrogens (tertiary/aromatic N) is 1. The Labute approximate surface area is 194 Å². The van der Waals surface area contributed by atoms with E-state index < -0.39 is 0 Å². The molecule has 0 saturated carbocycles. The molecule has 3 aromatic carbocycles. The minimum absolute atomic E-state index is 0.124. The Bertz CT molecular complexity index is 1060. The van der Waals surface area contributed by atoms with Gasteiger partial charge in [0.05, 0.1) is 17.4 Å². The molecule has 3 aromatic rings. The predicted molar refractivity (Wildman–Crippen MR) is 131 cm³/mol. The molecule has 1 fully saturated rings. The third-order valence-corrected chi connectivity index (χ3v) is 6.87. The van der Waals surface area contributed by atoms with Crippen LogP contribution in [0.25, 0.3) is 11.1 Å². The number of rotatable bonds is 7. The van der Waals surface area contributed by atoms with Gasteiger partial charge in [-0.1, -0.05) is 66.7 Å². The van der Waals surface area contributed by atoms with E-state index in [1.165, 1.54) is 17.3 Å². The van der Waals surface area contributed by atoms with Crippen molar-refractivity contribution in [1.29, 1.82) is 0 Å². The number of benzene rings is 3. The fourth-order valence-corrected chi connectivity index (χ4v) is 4.88. The van der Waals surface area contributed by atoms with Crippen molar-refractivity contribution in [2.24, 2.45) is 0 Å². The van der Waals surface area contributed by atoms with Crippen LogP contribution in [0.15, 0.2) is 83.8 Å². The summed E-state index contributed by atoms with van der Waals surface area (Å²) < 4.78 is 0. The second-order valence-corrected chi connectivity index (χ2v) is 9.07. The van der Waals surface area contributed by atoms with E-state index in [0.29, 0.717) is 11.3 Å². The molecule has 1 atom stereocenters. The molecule has 0 aromatic heterocycles. The number of hydrogen-bond acceptors (Lipinski definition) is 3. The number of carbonyl (C=O) groups is 2. The zero-order valence-corrected chi connectivity index (χ0v) is 19.1. The first-order chi connectivity index (χ1) is 15.6. The Morgan fingerprint density at radius 2 is 1.50 bits per heavy atom. The normalized spacial score (nSPS) is 14.2. The van der Waals surface area contributed by atoms with Crippen LogP contribution in [0.4, 0.5) is 0 Å². The molecule has 0 spiro atoms. The largest absolute Gasteiger partial charge is 0.345 e. The monoisotopic (exact) mass is 444 g/mol. The maximum Gasteiger partial charge on any atom is 0.252 e. The van der Waals surface area contributed by atoms with Crippen molar-refractivity contribution in [3.05, 3.63) is 90.0 Å². The lowest BCUT2D eigenvalue weighted by molar-refractivity contribution is -0.127. The van der Waals surface area contributed by atoms with E-state index in [2.05, 4.69) is 41.7 Å². The minimum Gasteiger partial charge on any atom is -0.345 e. The second kappa shape index (κ2) is 10.5. The molecule has 1 saturated heterocycles. The van der Waals surface area contributed by atoms with Crippen LogP contribution in [0.5, 0.6) is 0 Å². The maximum atomic E-state index is 13.0. The summed E-state index contributed by atoms with van der Waals surface area (Å²) in [7, 11) is 0. The SMILES string of the molecule is CC(NC(=O)c1ccccc1SCC(=O)N1CCCC1)c1ccc(-c2ccccc2)cc1. The van der Waals surface area contributed by atoms with Crippen LogP contribution in [0.1, 0.15) is 41.7 Å². The van der Waals surface area contributed by atoms with Crippen LogP contribution < -0.4 is 5.32 Å². The number of amides is 2. The van der Waals surface area contributed by atoms with Crippen LogP contribution in [0, 0.1) is 0 Å². The molecule has 0 radical (unpaired) electrons. The van der Waals surface area contributed by atoms with Gasteiger partial charge in [-0.25, -0.2) is 0 Å². The molecule has 5 heteroatoms. The van der Waals surface area contributed by atoms with E-state index in [0.717, 1.165) is 42.0 Å². The summed E-state index contributed by atoms with van der Waals surface area (Å²) in [6, 6.07) is 25.9. The standard InChI is InChI=1S/C27H28N2O2S/c1-20(21-13-15-23(16-14-21)22-9-3-2-4-10-22)28-27(31)24-11-5-6-12-25(24)32-19-26(30)29-17-7-8-18-29/h2-6,9-16,20H,7-8,17-19H2,1H3,(H,28,31). The van der Waals surface area contributed by atoms with Crippen molar-refractivity contribution in [2.75, 3.05) is 18.8 Å². The van der Waals surface area contributed by atoms with E-state index in [1.54, 1.807) is 0 Å². The van der Waals surface area contributed by atoms with Gasteiger partial charge in [-0.3, -0.25) is 9.59 Å². The minimum atomic E-state index is -0.128. The molecule has 1 aliphatic heterocycles. The first kappa shape index (κ1) is 22.2. The number of hydrogen-bond donors (Lipinski definition) is 1. The molecule has 4 nitrogen and oxygen atoms in total. The Morgan fingerprint density at radius 3 is 2.22 bits per heavy atom. The van der Waals surface area contributed by atoms with Gasteiger partial charge in [-0.15, -0.1) is 11.8 Å². The topological polar surface area (TPSA) is 49.4 Å². The quantitative estimate of drug-likeness (QED) is 0.486. The Balaban J connectivity index is 1.39. The molecule has 164 valence electrons. The zero-order chi connectivity index (χ0) is 22.3. The first-order valence-electron chi connectivity index (χ1n) is 11.1. The molecule has 4 rings (SSSR count). The lowest BCUT2D eigenvalue weighted by atomic mass is 10.0. The summed E-state index contributed by atoms with van der Waals surface area (Å²) in [5.74, 6) is 0.386. The number of likely N-dealkylation sites (tertiary alicyclic amines) is 1. The predicted octanol–water partition coefficient (Wildman–Crippen LogP) is 5.56. The van der Waals surface area contributed by atoms with Crippen molar-refractivity contribution < 1.29 is 9.59 Å². The lowest BCUT2D eigenvalue weighted by Crippen LogP contribution is -2.29. The van der Waals surface area contributed by atoms with Crippen LogP contribution in [0.2, 0.25) is 0 Å². The van der Waals surface area contributed by atoms with Crippen LogP contribution in [0.3, 0.4) is 0 Å². The third kappa shape index (κ3) is 5.40. The molecule has 2 amide bonds. The average Bonchev–Trinajstić information content (AvgIpc) is 3.38. The molecule has 1 unspecified atom stereocenters. The average molecular weight is 445 g/mol. The zero-order valence-electron chi connectivity index (χ0n) is 18.3. The molecular formula is C27H28N2O2S. The highest BCUT2D eigenvalue weighted by Gasteiger charge is 2.20. The summed E-state index contributed by atoms with van der Waals surface area (Å²) >= 11 is 1.44. The van der Waals surface area contributed by atoms with Crippen molar-refractivity contribution in [1.82, 2.24) is 10.2 Å². The molecule has 0 bridgehead atoms. The lowest BCUT2D eigenvalue weighted by Gasteiger charge is -2.17. The molecular weight excluding hydrogens is 416 g/mol. The molecule has 1 aliphatic rings. The van der Waals surface area contributed by atoms with Gasteiger partial charge in [-0.2, -0.15) is 0 Å². The summed E-state index contributed by atoms with van der Waals surface area (Å²) in [6.45, 7) is 3.69. The smallest absolute Gasteiger partial charge is 0.252 e. The summed E-state index contributed by atoms with van der Waals surface area (Å²) in [4.78, 5) is 28.2. The fraction of sp³-hybridized carbons (Fsp3) is 0.259. The molecule has 0 aliphatic carbocycles. The van der Waals surface area contributed by atoms with Crippen LogP contribution in [-0.4, -0.2) is 35.6 Å². The van der Waals surface area contributed by atoms with Gasteiger partial charge in [0.15, 0.2) is 0 Å². The number of carbonyl (C=O) groups excluding carboxylic acids is 2. The van der Waals surface area contributed by atoms with Crippen molar-refractivity contribution in [3.8, 4) is 11.1 Å². The highest BCUT2D eigenvalue weighted by Crippen LogP contribution is 2.25. The summed E-state index contributed by atoms with van der Waals surface area (Å²) in [5.41, 5.74) is 3.98. The highest BCUT2D eigenvalue weighted by atomic mass is 32.2. The number of nitrogens with one attached hydrogen (secondary N) is 1. The number of thioether (sulfide) groups is 1. The summed E-state index contributed by atoms with van der Waals surface area (Å²) in [5, 5.41) is 3.11. The van der Waals surface area contributed by atoms with E-state index in [-0.39, 0.29) is 17.9 Å². The second-order valence-electron chi connectivity index (χ2n) is 8.06. The van der Waals surface area contributed by atoms with Gasteiger partial charge in [0.2, 0.25) is 5.91 Å². The molecule has 32 heavy (non-hydrogen) atoms.